The van der Waals surface area contributed by atoms with Crippen LogP contribution in [-0.2, 0) is 25.6 Å². The Labute approximate surface area is 244 Å². The first kappa shape index (κ1) is 29.7. The Morgan fingerprint density at radius 3 is 2.63 bits per heavy atom. The molecule has 0 unspecified atom stereocenters. The highest BCUT2D eigenvalue weighted by Gasteiger charge is 2.57. The zero-order chi connectivity index (χ0) is 30.9. The first-order chi connectivity index (χ1) is 20.4. The van der Waals surface area contributed by atoms with Gasteiger partial charge in [-0.05, 0) is 42.2 Å². The molecule has 226 valence electrons. The molecule has 4 heterocycles. The van der Waals surface area contributed by atoms with E-state index in [1.54, 1.807) is 17.4 Å². The Morgan fingerprint density at radius 2 is 1.98 bits per heavy atom. The molecule has 5 rings (SSSR count). The van der Waals surface area contributed by atoms with Crippen LogP contribution >= 0.6 is 0 Å². The molecule has 1 saturated carbocycles. The molecule has 4 atom stereocenters. The number of nitriles is 1. The normalized spacial score (nSPS) is 22.4. The molecule has 0 radical (unpaired) electrons. The molecule has 2 fully saturated rings. The monoisotopic (exact) mass is 599 g/mol. The SMILES string of the molecule is CN(C(=O)[C@@H](Cc1ccncc1)NC(=O)C(F)(F)F)[C@@H](CC1CC1)C(=O)N1C[C@@]2(C[C@H]1C#N)Oc1cccnc1NC2=O. The molecule has 2 aromatic rings. The van der Waals surface area contributed by atoms with E-state index in [1.807, 2.05) is 6.07 Å². The number of carbonyl (C=O) groups is 4. The molecule has 15 heteroatoms. The fraction of sp³-hybridized carbons (Fsp3) is 0.464. The minimum Gasteiger partial charge on any atom is -0.472 e. The Bertz CT molecular complexity index is 1460. The summed E-state index contributed by atoms with van der Waals surface area (Å²) in [5.74, 6) is -3.88. The van der Waals surface area contributed by atoms with Crippen LogP contribution < -0.4 is 15.4 Å². The number of ether oxygens (including phenoxy) is 1. The highest BCUT2D eigenvalue weighted by molar-refractivity contribution is 6.01. The van der Waals surface area contributed by atoms with Crippen LogP contribution in [0.1, 0.15) is 31.2 Å². The van der Waals surface area contributed by atoms with Crippen LogP contribution in [0, 0.1) is 17.2 Å². The van der Waals surface area contributed by atoms with Crippen molar-refractivity contribution in [3.63, 3.8) is 0 Å². The minimum absolute atomic E-state index is 0.0805. The number of pyridine rings is 2. The molecule has 0 bridgehead atoms. The van der Waals surface area contributed by atoms with Crippen molar-refractivity contribution in [2.45, 2.75) is 62.0 Å². The number of nitrogens with one attached hydrogen (secondary N) is 2. The van der Waals surface area contributed by atoms with Gasteiger partial charge in [-0.15, -0.1) is 0 Å². The summed E-state index contributed by atoms with van der Waals surface area (Å²) in [4.78, 5) is 62.9. The van der Waals surface area contributed by atoms with E-state index in [2.05, 4.69) is 15.3 Å². The molecule has 2 aliphatic heterocycles. The zero-order valence-corrected chi connectivity index (χ0v) is 23.0. The highest BCUT2D eigenvalue weighted by Crippen LogP contribution is 2.40. The van der Waals surface area contributed by atoms with Gasteiger partial charge in [0.1, 0.15) is 18.1 Å². The highest BCUT2D eigenvalue weighted by atomic mass is 19.4. The van der Waals surface area contributed by atoms with Crippen LogP contribution in [-0.4, -0.2) is 86.9 Å². The van der Waals surface area contributed by atoms with E-state index >= 15 is 0 Å². The largest absolute Gasteiger partial charge is 0.472 e. The van der Waals surface area contributed by atoms with Crippen molar-refractivity contribution in [2.24, 2.45) is 5.92 Å². The Balaban J connectivity index is 1.40. The summed E-state index contributed by atoms with van der Waals surface area (Å²) in [5.41, 5.74) is -1.14. The lowest BCUT2D eigenvalue weighted by molar-refractivity contribution is -0.175. The molecule has 1 aliphatic carbocycles. The van der Waals surface area contributed by atoms with E-state index in [0.29, 0.717) is 5.56 Å². The maximum absolute atomic E-state index is 14.1. The third kappa shape index (κ3) is 6.23. The summed E-state index contributed by atoms with van der Waals surface area (Å²) in [6, 6.07) is 4.33. The summed E-state index contributed by atoms with van der Waals surface area (Å²) in [5, 5.41) is 14.4. The molecule has 2 N–H and O–H groups in total. The molecular weight excluding hydrogens is 571 g/mol. The van der Waals surface area contributed by atoms with Crippen molar-refractivity contribution < 1.29 is 37.1 Å². The number of amides is 4. The third-order valence-corrected chi connectivity index (χ3v) is 7.88. The van der Waals surface area contributed by atoms with Gasteiger partial charge in [0.25, 0.3) is 5.91 Å². The van der Waals surface area contributed by atoms with Gasteiger partial charge in [0.2, 0.25) is 17.4 Å². The molecule has 12 nitrogen and oxygen atoms in total. The summed E-state index contributed by atoms with van der Waals surface area (Å²) in [6.07, 6.45) is 0.369. The Kier molecular flexibility index (Phi) is 7.96. The second-order valence-corrected chi connectivity index (χ2v) is 10.9. The standard InChI is InChI=1S/C28H28F3N7O5/c1-37(23(39)19(35-26(42)28(29,30)31)11-17-6-9-33-10-7-17)20(12-16-4-5-16)24(40)38-15-27(13-18(38)14-32)25(41)36-22-21(43-27)3-2-8-34-22/h2-3,6-10,16,18-20H,4-5,11-13,15H2,1H3,(H,35,42)(H,34,36,41)/t18-,19+,20-,27+/m0/s1. The average molecular weight is 600 g/mol. The third-order valence-electron chi connectivity index (χ3n) is 7.88. The number of aromatic nitrogens is 2. The van der Waals surface area contributed by atoms with E-state index in [0.717, 1.165) is 17.7 Å². The number of carbonyl (C=O) groups excluding carboxylic acids is 4. The van der Waals surface area contributed by atoms with Gasteiger partial charge < -0.3 is 25.2 Å². The molecule has 1 saturated heterocycles. The minimum atomic E-state index is -5.24. The topological polar surface area (TPSA) is 158 Å². The van der Waals surface area contributed by atoms with Crippen molar-refractivity contribution in [3.05, 3.63) is 48.4 Å². The van der Waals surface area contributed by atoms with E-state index in [-0.39, 0.29) is 43.3 Å². The maximum Gasteiger partial charge on any atom is 0.471 e. The van der Waals surface area contributed by atoms with Gasteiger partial charge in [-0.2, -0.15) is 18.4 Å². The number of nitrogens with zero attached hydrogens (tertiary/aromatic N) is 5. The number of rotatable bonds is 8. The van der Waals surface area contributed by atoms with Crippen molar-refractivity contribution in [2.75, 3.05) is 18.9 Å². The number of likely N-dealkylation sites (tertiary alicyclic amines) is 1. The number of alkyl halides is 3. The summed E-state index contributed by atoms with van der Waals surface area (Å²) in [7, 11) is 1.28. The van der Waals surface area contributed by atoms with E-state index in [1.165, 1.54) is 42.7 Å². The smallest absolute Gasteiger partial charge is 0.471 e. The van der Waals surface area contributed by atoms with Gasteiger partial charge in [-0.3, -0.25) is 24.2 Å². The van der Waals surface area contributed by atoms with Crippen LogP contribution in [0.4, 0.5) is 19.0 Å². The van der Waals surface area contributed by atoms with E-state index in [4.69, 9.17) is 4.74 Å². The fourth-order valence-electron chi connectivity index (χ4n) is 5.38. The van der Waals surface area contributed by atoms with Gasteiger partial charge in [0.05, 0.1) is 12.6 Å². The molecule has 43 heavy (non-hydrogen) atoms. The Hall–Kier alpha value is -4.74. The Morgan fingerprint density at radius 1 is 1.26 bits per heavy atom. The first-order valence-corrected chi connectivity index (χ1v) is 13.6. The average Bonchev–Trinajstić information content (AvgIpc) is 3.73. The lowest BCUT2D eigenvalue weighted by Crippen LogP contribution is -2.58. The number of halogens is 3. The second kappa shape index (κ2) is 11.5. The quantitative estimate of drug-likeness (QED) is 0.463. The number of fused-ring (bicyclic) bond motifs is 1. The van der Waals surface area contributed by atoms with Crippen molar-refractivity contribution in [1.29, 1.82) is 5.26 Å². The number of likely N-dealkylation sites (N-methyl/N-ethyl adjacent to an activating group) is 1. The second-order valence-electron chi connectivity index (χ2n) is 10.9. The van der Waals surface area contributed by atoms with E-state index < -0.39 is 53.5 Å². The van der Waals surface area contributed by atoms with Crippen LogP contribution in [0.25, 0.3) is 0 Å². The number of hydrogen-bond donors (Lipinski definition) is 2. The molecule has 3 aliphatic rings. The van der Waals surface area contributed by atoms with Crippen molar-refractivity contribution in [1.82, 2.24) is 25.1 Å². The predicted octanol–water partition coefficient (Wildman–Crippen LogP) is 1.59. The van der Waals surface area contributed by atoms with Gasteiger partial charge in [-0.25, -0.2) is 4.98 Å². The molecule has 1 spiro atoms. The van der Waals surface area contributed by atoms with Crippen molar-refractivity contribution >= 4 is 29.4 Å². The molecule has 0 aromatic carbocycles. The number of anilines is 1. The summed E-state index contributed by atoms with van der Waals surface area (Å²) < 4.78 is 45.5. The first-order valence-electron chi connectivity index (χ1n) is 13.6. The van der Waals surface area contributed by atoms with Gasteiger partial charge >= 0.3 is 12.1 Å². The van der Waals surface area contributed by atoms with Crippen LogP contribution in [0.3, 0.4) is 0 Å². The molecule has 2 aromatic heterocycles. The lowest BCUT2D eigenvalue weighted by atomic mass is 9.97. The van der Waals surface area contributed by atoms with Crippen LogP contribution in [0.15, 0.2) is 42.9 Å². The molecular formula is C28H28F3N7O5. The van der Waals surface area contributed by atoms with Gasteiger partial charge in [0, 0.05) is 38.5 Å². The predicted molar refractivity (Wildman–Crippen MR) is 142 cm³/mol. The fourth-order valence-corrected chi connectivity index (χ4v) is 5.38. The zero-order valence-electron chi connectivity index (χ0n) is 23.0. The molecule has 4 amide bonds. The number of hydrogen-bond acceptors (Lipinski definition) is 8. The van der Waals surface area contributed by atoms with Gasteiger partial charge in [-0.1, -0.05) is 12.8 Å². The summed E-state index contributed by atoms with van der Waals surface area (Å²) in [6.45, 7) is -0.293. The summed E-state index contributed by atoms with van der Waals surface area (Å²) >= 11 is 0. The van der Waals surface area contributed by atoms with E-state index in [9.17, 15) is 37.6 Å². The maximum atomic E-state index is 14.1. The lowest BCUT2D eigenvalue weighted by Gasteiger charge is -2.35. The van der Waals surface area contributed by atoms with Gasteiger partial charge in [0.15, 0.2) is 11.6 Å². The van der Waals surface area contributed by atoms with Crippen molar-refractivity contribution in [3.8, 4) is 11.8 Å². The van der Waals surface area contributed by atoms with Crippen LogP contribution in [0.5, 0.6) is 5.75 Å². The van der Waals surface area contributed by atoms with Crippen LogP contribution in [0.2, 0.25) is 0 Å².